The van der Waals surface area contributed by atoms with Crippen LogP contribution < -0.4 is 0 Å². The molecule has 6 heteroatoms. The average molecular weight is 375 g/mol. The average Bonchev–Trinajstić information content (AvgIpc) is 2.62. The van der Waals surface area contributed by atoms with Crippen molar-refractivity contribution in [3.05, 3.63) is 59.2 Å². The molecule has 25 heavy (non-hydrogen) atoms. The maximum atomic E-state index is 8.45. The molecule has 0 fully saturated rings. The minimum atomic E-state index is -0.248. The molecule has 0 saturated carbocycles. The molecule has 4 nitrogen and oxygen atoms in total. The fourth-order valence-corrected chi connectivity index (χ4v) is 3.15. The van der Waals surface area contributed by atoms with Crippen LogP contribution in [0, 0.1) is 25.3 Å². The molecule has 2 rings (SSSR count). The summed E-state index contributed by atoms with van der Waals surface area (Å²) in [5.74, 6) is 0. The van der Waals surface area contributed by atoms with Crippen LogP contribution in [0.3, 0.4) is 0 Å². The van der Waals surface area contributed by atoms with E-state index >= 15 is 0 Å². The van der Waals surface area contributed by atoms with Crippen LogP contribution in [0.25, 0.3) is 0 Å². The van der Waals surface area contributed by atoms with Crippen LogP contribution in [-0.4, -0.2) is 22.5 Å². The highest BCUT2D eigenvalue weighted by Gasteiger charge is 2.07. The summed E-state index contributed by atoms with van der Waals surface area (Å²) in [7, 11) is -0.248. The van der Waals surface area contributed by atoms with Crippen molar-refractivity contribution in [2.24, 2.45) is 4.36 Å². The quantitative estimate of drug-likeness (QED) is 0.692. The van der Waals surface area contributed by atoms with E-state index in [4.69, 9.17) is 5.26 Å². The number of aromatic nitrogens is 2. The highest BCUT2D eigenvalue weighted by molar-refractivity contribution is 7.98. The molecule has 0 saturated heterocycles. The smallest absolute Gasteiger partial charge is 0.212 e. The van der Waals surface area contributed by atoms with Crippen LogP contribution in [0.2, 0.25) is 0 Å². The van der Waals surface area contributed by atoms with Gasteiger partial charge in [-0.05, 0) is 63.5 Å². The van der Waals surface area contributed by atoms with Gasteiger partial charge >= 0.3 is 0 Å². The Bertz CT molecular complexity index is 719. The largest absolute Gasteiger partial charge is 0.261 e. The third kappa shape index (κ3) is 7.37. The number of thioether (sulfide) groups is 1. The van der Waals surface area contributed by atoms with Gasteiger partial charge in [-0.2, -0.15) is 21.4 Å². The molecular weight excluding hydrogens is 348 g/mol. The Morgan fingerprint density at radius 3 is 1.96 bits per heavy atom. The first-order chi connectivity index (χ1) is 11.9. The highest BCUT2D eigenvalue weighted by Crippen LogP contribution is 2.24. The zero-order valence-electron chi connectivity index (χ0n) is 15.7. The Hall–Kier alpha value is -1.71. The van der Waals surface area contributed by atoms with E-state index in [-0.39, 0.29) is 15.9 Å². The number of aryl methyl sites for hydroxylation is 2. The summed E-state index contributed by atoms with van der Waals surface area (Å²) in [5.41, 5.74) is 4.54. The van der Waals surface area contributed by atoms with Crippen LogP contribution >= 0.6 is 11.8 Å². The Morgan fingerprint density at radius 1 is 1.04 bits per heavy atom. The number of pyridine rings is 2. The van der Waals surface area contributed by atoms with Gasteiger partial charge in [0.15, 0.2) is 0 Å². The van der Waals surface area contributed by atoms with Crippen molar-refractivity contribution in [2.45, 2.75) is 38.2 Å². The molecule has 3 atom stereocenters. The van der Waals surface area contributed by atoms with Crippen LogP contribution in [0.1, 0.15) is 46.9 Å². The molecule has 0 N–H and O–H groups in total. The second-order valence-corrected chi connectivity index (χ2v) is 8.82. The van der Waals surface area contributed by atoms with E-state index in [2.05, 4.69) is 46.6 Å². The first-order valence-corrected chi connectivity index (χ1v) is 11.0. The van der Waals surface area contributed by atoms with Gasteiger partial charge in [0.05, 0.1) is 0 Å². The van der Waals surface area contributed by atoms with Gasteiger partial charge in [0, 0.05) is 34.3 Å². The van der Waals surface area contributed by atoms with Crippen LogP contribution in [-0.2, 0) is 10.7 Å². The van der Waals surface area contributed by atoms with E-state index < -0.39 is 0 Å². The Balaban J connectivity index is 0.000000257. The molecule has 134 valence electrons. The monoisotopic (exact) mass is 374 g/mol. The second kappa shape index (κ2) is 11.0. The van der Waals surface area contributed by atoms with Gasteiger partial charge in [-0.15, -0.1) is 0 Å². The third-order valence-corrected chi connectivity index (χ3v) is 6.50. The summed E-state index contributed by atoms with van der Waals surface area (Å²) < 4.78 is 3.83. The second-order valence-electron chi connectivity index (χ2n) is 5.70. The lowest BCUT2D eigenvalue weighted by Crippen LogP contribution is -2.00. The lowest BCUT2D eigenvalue weighted by Gasteiger charge is -2.10. The van der Waals surface area contributed by atoms with Crippen molar-refractivity contribution in [2.75, 3.05) is 12.5 Å². The lowest BCUT2D eigenvalue weighted by atomic mass is 10.2. The molecule has 0 amide bonds. The summed E-state index contributed by atoms with van der Waals surface area (Å²) in [6.07, 6.45) is 9.74. The maximum absolute atomic E-state index is 8.45. The fourth-order valence-electron chi connectivity index (χ4n) is 1.92. The Morgan fingerprint density at radius 2 is 1.56 bits per heavy atom. The maximum Gasteiger partial charge on any atom is 0.212 e. The van der Waals surface area contributed by atoms with Crippen molar-refractivity contribution in [3.63, 3.8) is 0 Å². The molecule has 2 aromatic rings. The molecule has 0 aromatic carbocycles. The van der Waals surface area contributed by atoms with E-state index in [0.29, 0.717) is 5.25 Å². The number of nitriles is 1. The van der Waals surface area contributed by atoms with Crippen molar-refractivity contribution in [1.82, 2.24) is 9.97 Å². The number of rotatable bonds is 4. The molecule has 0 radical (unpaired) electrons. The summed E-state index contributed by atoms with van der Waals surface area (Å²) in [4.78, 5) is 8.46. The van der Waals surface area contributed by atoms with E-state index in [9.17, 15) is 0 Å². The molecule has 0 spiro atoms. The summed E-state index contributed by atoms with van der Waals surface area (Å²) in [6.45, 7) is 8.22. The standard InChI is InChI=1S/C10H13N3S.C9H13NS/c1-8-4-5-10(6-12-8)9(2)14(3)13-7-11;1-7-4-5-9(6-10-7)8(2)11-3/h4-6,9H,1-3H3;4-6,8H,1-3H3. The van der Waals surface area contributed by atoms with Gasteiger partial charge in [0.1, 0.15) is 0 Å². The topological polar surface area (TPSA) is 61.9 Å². The first-order valence-electron chi connectivity index (χ1n) is 8.01. The van der Waals surface area contributed by atoms with E-state index in [0.717, 1.165) is 17.0 Å². The van der Waals surface area contributed by atoms with Crippen LogP contribution in [0.15, 0.2) is 41.0 Å². The van der Waals surface area contributed by atoms with E-state index in [1.165, 1.54) is 5.56 Å². The molecule has 0 aliphatic rings. The SMILES string of the molecule is CSC(C)c1ccc(C)nc1.Cc1ccc(C(C)S(C)=NC#N)cn1. The normalized spacial score (nSPS) is 14.0. The zero-order valence-corrected chi connectivity index (χ0v) is 17.4. The molecule has 2 aromatic heterocycles. The summed E-state index contributed by atoms with van der Waals surface area (Å²) in [6, 6.07) is 8.23. The van der Waals surface area contributed by atoms with Crippen molar-refractivity contribution < 1.29 is 0 Å². The van der Waals surface area contributed by atoms with Gasteiger partial charge in [-0.1, -0.05) is 22.8 Å². The number of nitrogens with zero attached hydrogens (tertiary/aromatic N) is 4. The third-order valence-electron chi connectivity index (χ3n) is 3.86. The summed E-state index contributed by atoms with van der Waals surface area (Å²) in [5, 5.41) is 9.28. The molecule has 0 aliphatic carbocycles. The highest BCUT2D eigenvalue weighted by atomic mass is 32.2. The molecule has 0 aliphatic heterocycles. The predicted molar refractivity (Wildman–Crippen MR) is 110 cm³/mol. The van der Waals surface area contributed by atoms with Gasteiger partial charge in [0.2, 0.25) is 6.19 Å². The fraction of sp³-hybridized carbons (Fsp3) is 0.421. The van der Waals surface area contributed by atoms with Crippen molar-refractivity contribution >= 4 is 22.5 Å². The molecule has 0 bridgehead atoms. The minimum Gasteiger partial charge on any atom is -0.261 e. The van der Waals surface area contributed by atoms with Gasteiger partial charge in [0.25, 0.3) is 0 Å². The van der Waals surface area contributed by atoms with Crippen LogP contribution in [0.5, 0.6) is 0 Å². The Kier molecular flexibility index (Phi) is 9.40. The van der Waals surface area contributed by atoms with E-state index in [1.807, 2.05) is 62.6 Å². The van der Waals surface area contributed by atoms with Gasteiger partial charge in [-0.25, -0.2) is 0 Å². The summed E-state index contributed by atoms with van der Waals surface area (Å²) >= 11 is 1.84. The number of hydrogen-bond donors (Lipinski definition) is 0. The lowest BCUT2D eigenvalue weighted by molar-refractivity contribution is 1.05. The van der Waals surface area contributed by atoms with Gasteiger partial charge < -0.3 is 0 Å². The molecular formula is C19H26N4S2. The minimum absolute atomic E-state index is 0.248. The van der Waals surface area contributed by atoms with Crippen LogP contribution in [0.4, 0.5) is 0 Å². The first kappa shape index (κ1) is 21.3. The van der Waals surface area contributed by atoms with Crippen molar-refractivity contribution in [3.8, 4) is 6.19 Å². The molecule has 3 unspecified atom stereocenters. The predicted octanol–water partition coefficient (Wildman–Crippen LogP) is 5.18. The Labute approximate surface area is 158 Å². The van der Waals surface area contributed by atoms with E-state index in [1.54, 1.807) is 0 Å². The van der Waals surface area contributed by atoms with Gasteiger partial charge in [-0.3, -0.25) is 9.97 Å². The van der Waals surface area contributed by atoms with Crippen molar-refractivity contribution in [1.29, 1.82) is 5.26 Å². The number of hydrogen-bond acceptors (Lipinski definition) is 5. The molecule has 2 heterocycles. The zero-order chi connectivity index (χ0) is 18.8.